The molecule has 6 heteroatoms. The first kappa shape index (κ1) is 19.8. The van der Waals surface area contributed by atoms with Crippen molar-refractivity contribution in [3.8, 4) is 17.0 Å². The van der Waals surface area contributed by atoms with Crippen LogP contribution in [0.25, 0.3) is 11.3 Å². The predicted octanol–water partition coefficient (Wildman–Crippen LogP) is 4.58. The van der Waals surface area contributed by atoms with Crippen LogP contribution >= 0.6 is 0 Å². The molecule has 0 bridgehead atoms. The Morgan fingerprint density at radius 2 is 1.81 bits per heavy atom. The number of nitrogens with zero attached hydrogens (tertiary/aromatic N) is 3. The zero-order valence-corrected chi connectivity index (χ0v) is 17.7. The van der Waals surface area contributed by atoms with Gasteiger partial charge in [-0.25, -0.2) is 4.98 Å². The molecule has 1 unspecified atom stereocenters. The summed E-state index contributed by atoms with van der Waals surface area (Å²) in [5.74, 6) is 1.97. The van der Waals surface area contributed by atoms with Gasteiger partial charge >= 0.3 is 0 Å². The Morgan fingerprint density at radius 1 is 0.968 bits per heavy atom. The minimum absolute atomic E-state index is 0.146. The first-order valence-corrected chi connectivity index (χ1v) is 11.1. The highest BCUT2D eigenvalue weighted by molar-refractivity contribution is 5.65. The van der Waals surface area contributed by atoms with Gasteiger partial charge in [0.1, 0.15) is 11.6 Å². The van der Waals surface area contributed by atoms with E-state index in [4.69, 9.17) is 15.2 Å². The van der Waals surface area contributed by atoms with Crippen molar-refractivity contribution >= 4 is 11.8 Å². The third-order valence-electron chi connectivity index (χ3n) is 5.96. The normalized spacial score (nSPS) is 18.8. The first-order chi connectivity index (χ1) is 15.2. The van der Waals surface area contributed by atoms with Crippen molar-refractivity contribution in [2.24, 2.45) is 0 Å². The number of fused-ring (bicyclic) bond motifs is 1. The number of aromatic nitrogens is 2. The summed E-state index contributed by atoms with van der Waals surface area (Å²) >= 11 is 0. The number of hydrogen-bond donors (Lipinski definition) is 1. The lowest BCUT2D eigenvalue weighted by molar-refractivity contribution is -0.105. The van der Waals surface area contributed by atoms with E-state index in [-0.39, 0.29) is 6.29 Å². The van der Waals surface area contributed by atoms with Crippen molar-refractivity contribution < 1.29 is 9.47 Å². The summed E-state index contributed by atoms with van der Waals surface area (Å²) in [6.45, 7) is 2.55. The number of nitrogens with two attached hydrogens (primary N) is 1. The SMILES string of the molecule is Nc1nc(-c2ccc(OC3CCCCO3)cc2)cc(N2CCCc3ccccc3C2)n1. The average molecular weight is 417 g/mol. The van der Waals surface area contributed by atoms with Crippen LogP contribution in [0.4, 0.5) is 11.8 Å². The van der Waals surface area contributed by atoms with Crippen molar-refractivity contribution in [1.82, 2.24) is 9.97 Å². The fourth-order valence-electron chi connectivity index (χ4n) is 4.32. The van der Waals surface area contributed by atoms with Gasteiger partial charge in [-0.15, -0.1) is 0 Å². The molecule has 1 saturated heterocycles. The van der Waals surface area contributed by atoms with Crippen molar-refractivity contribution in [3.63, 3.8) is 0 Å². The van der Waals surface area contributed by atoms with Crippen molar-refractivity contribution in [1.29, 1.82) is 0 Å². The second-order valence-corrected chi connectivity index (χ2v) is 8.20. The van der Waals surface area contributed by atoms with Gasteiger partial charge in [0.15, 0.2) is 6.29 Å². The van der Waals surface area contributed by atoms with E-state index in [0.717, 1.165) is 74.6 Å². The molecule has 2 aliphatic rings. The minimum Gasteiger partial charge on any atom is -0.465 e. The number of rotatable bonds is 4. The topological polar surface area (TPSA) is 73.5 Å². The van der Waals surface area contributed by atoms with Crippen LogP contribution in [0, 0.1) is 0 Å². The van der Waals surface area contributed by atoms with Crippen LogP contribution in [-0.2, 0) is 17.7 Å². The molecule has 3 heterocycles. The molecule has 2 aromatic carbocycles. The second-order valence-electron chi connectivity index (χ2n) is 8.20. The maximum absolute atomic E-state index is 6.10. The molecule has 0 aliphatic carbocycles. The smallest absolute Gasteiger partial charge is 0.222 e. The number of benzene rings is 2. The summed E-state index contributed by atoms with van der Waals surface area (Å²) in [6, 6.07) is 18.6. The summed E-state index contributed by atoms with van der Waals surface area (Å²) in [7, 11) is 0. The standard InChI is InChI=1S/C25H28N4O2/c26-25-27-22(19-10-12-21(13-11-19)31-24-9-3-4-15-30-24)16-23(28-25)29-14-5-8-18-6-1-2-7-20(18)17-29/h1-2,6-7,10-13,16,24H,3-5,8-9,14-15,17H2,(H2,26,27,28). The zero-order valence-electron chi connectivity index (χ0n) is 17.7. The Bertz CT molecular complexity index is 1030. The van der Waals surface area contributed by atoms with E-state index >= 15 is 0 Å². The molecule has 5 rings (SSSR count). The molecule has 31 heavy (non-hydrogen) atoms. The summed E-state index contributed by atoms with van der Waals surface area (Å²) in [5, 5.41) is 0. The number of ether oxygens (including phenoxy) is 2. The third-order valence-corrected chi connectivity index (χ3v) is 5.96. The van der Waals surface area contributed by atoms with Crippen LogP contribution in [0.5, 0.6) is 5.75 Å². The number of hydrogen-bond acceptors (Lipinski definition) is 6. The van der Waals surface area contributed by atoms with Crippen molar-refractivity contribution in [2.45, 2.75) is 44.9 Å². The van der Waals surface area contributed by atoms with E-state index in [9.17, 15) is 0 Å². The quantitative estimate of drug-likeness (QED) is 0.671. The predicted molar refractivity (Wildman–Crippen MR) is 122 cm³/mol. The number of nitrogen functional groups attached to an aromatic ring is 1. The molecule has 0 spiro atoms. The van der Waals surface area contributed by atoms with Gasteiger partial charge in [0.25, 0.3) is 0 Å². The average Bonchev–Trinajstić information content (AvgIpc) is 3.02. The van der Waals surface area contributed by atoms with Gasteiger partial charge in [-0.1, -0.05) is 24.3 Å². The highest BCUT2D eigenvalue weighted by Crippen LogP contribution is 2.28. The molecule has 0 saturated carbocycles. The molecule has 2 aliphatic heterocycles. The van der Waals surface area contributed by atoms with Crippen LogP contribution in [0.2, 0.25) is 0 Å². The Morgan fingerprint density at radius 3 is 2.61 bits per heavy atom. The minimum atomic E-state index is -0.146. The zero-order chi connectivity index (χ0) is 21.0. The second kappa shape index (κ2) is 8.94. The molecule has 0 amide bonds. The highest BCUT2D eigenvalue weighted by Gasteiger charge is 2.18. The number of anilines is 2. The molecule has 160 valence electrons. The number of aryl methyl sites for hydroxylation is 1. The lowest BCUT2D eigenvalue weighted by Crippen LogP contribution is -2.24. The Kier molecular flexibility index (Phi) is 5.71. The van der Waals surface area contributed by atoms with Crippen molar-refractivity contribution in [2.75, 3.05) is 23.8 Å². The van der Waals surface area contributed by atoms with Gasteiger partial charge in [-0.3, -0.25) is 0 Å². The van der Waals surface area contributed by atoms with E-state index in [1.54, 1.807) is 0 Å². The fourth-order valence-corrected chi connectivity index (χ4v) is 4.32. The van der Waals surface area contributed by atoms with E-state index in [1.807, 2.05) is 30.3 Å². The molecule has 2 N–H and O–H groups in total. The maximum Gasteiger partial charge on any atom is 0.222 e. The fraction of sp³-hybridized carbons (Fsp3) is 0.360. The lowest BCUT2D eigenvalue weighted by Gasteiger charge is -2.23. The first-order valence-electron chi connectivity index (χ1n) is 11.1. The van der Waals surface area contributed by atoms with Gasteiger partial charge in [0, 0.05) is 31.1 Å². The Labute approximate surface area is 183 Å². The maximum atomic E-state index is 6.10. The van der Waals surface area contributed by atoms with Crippen LogP contribution < -0.4 is 15.4 Å². The Hall–Kier alpha value is -3.12. The summed E-state index contributed by atoms with van der Waals surface area (Å²) in [5.41, 5.74) is 10.7. The molecule has 3 aromatic rings. The molecular formula is C25H28N4O2. The third kappa shape index (κ3) is 4.64. The van der Waals surface area contributed by atoms with Gasteiger partial charge in [0.2, 0.25) is 5.95 Å². The monoisotopic (exact) mass is 416 g/mol. The van der Waals surface area contributed by atoms with Gasteiger partial charge in [-0.2, -0.15) is 4.98 Å². The van der Waals surface area contributed by atoms with E-state index in [0.29, 0.717) is 5.95 Å². The molecule has 1 aromatic heterocycles. The molecular weight excluding hydrogens is 388 g/mol. The van der Waals surface area contributed by atoms with Crippen LogP contribution in [0.1, 0.15) is 36.8 Å². The molecule has 1 atom stereocenters. The summed E-state index contributed by atoms with van der Waals surface area (Å²) < 4.78 is 11.6. The molecule has 1 fully saturated rings. The molecule has 6 nitrogen and oxygen atoms in total. The Balaban J connectivity index is 1.36. The van der Waals surface area contributed by atoms with Gasteiger partial charge in [0.05, 0.1) is 12.3 Å². The van der Waals surface area contributed by atoms with Crippen molar-refractivity contribution in [3.05, 3.63) is 65.7 Å². The summed E-state index contributed by atoms with van der Waals surface area (Å²) in [6.07, 6.45) is 5.22. The van der Waals surface area contributed by atoms with E-state index in [2.05, 4.69) is 39.1 Å². The highest BCUT2D eigenvalue weighted by atomic mass is 16.7. The largest absolute Gasteiger partial charge is 0.465 e. The van der Waals surface area contributed by atoms with Crippen LogP contribution in [0.3, 0.4) is 0 Å². The van der Waals surface area contributed by atoms with Gasteiger partial charge < -0.3 is 20.1 Å². The molecule has 0 radical (unpaired) electrons. The summed E-state index contributed by atoms with van der Waals surface area (Å²) in [4.78, 5) is 11.3. The van der Waals surface area contributed by atoms with Crippen LogP contribution in [-0.4, -0.2) is 29.4 Å². The van der Waals surface area contributed by atoms with E-state index in [1.165, 1.54) is 11.1 Å². The van der Waals surface area contributed by atoms with Gasteiger partial charge in [-0.05, 0) is 61.1 Å². The van der Waals surface area contributed by atoms with E-state index < -0.39 is 0 Å². The van der Waals surface area contributed by atoms with Crippen LogP contribution in [0.15, 0.2) is 54.6 Å². The lowest BCUT2D eigenvalue weighted by atomic mass is 10.0.